The van der Waals surface area contributed by atoms with Crippen molar-refractivity contribution < 1.29 is 4.79 Å². The fourth-order valence-corrected chi connectivity index (χ4v) is 1.64. The molecule has 0 saturated carbocycles. The summed E-state index contributed by atoms with van der Waals surface area (Å²) < 4.78 is 0. The van der Waals surface area contributed by atoms with Crippen molar-refractivity contribution in [3.05, 3.63) is 35.9 Å². The van der Waals surface area contributed by atoms with E-state index in [1.807, 2.05) is 25.2 Å². The van der Waals surface area contributed by atoms with Gasteiger partial charge in [-0.2, -0.15) is 0 Å². The molecule has 1 unspecified atom stereocenters. The van der Waals surface area contributed by atoms with Crippen molar-refractivity contribution in [2.24, 2.45) is 0 Å². The maximum Gasteiger partial charge on any atom is 0.219 e. The van der Waals surface area contributed by atoms with E-state index in [0.29, 0.717) is 0 Å². The first-order chi connectivity index (χ1) is 8.11. The number of amides is 1. The number of nitrogens with one attached hydrogen (secondary N) is 1. The molecule has 3 nitrogen and oxygen atoms in total. The van der Waals surface area contributed by atoms with Crippen molar-refractivity contribution >= 4 is 5.91 Å². The summed E-state index contributed by atoms with van der Waals surface area (Å²) in [5, 5.41) is 3.39. The van der Waals surface area contributed by atoms with Gasteiger partial charge in [-0.3, -0.25) is 4.79 Å². The molecule has 0 aliphatic rings. The Labute approximate surface area is 104 Å². The molecule has 0 aliphatic heterocycles. The monoisotopic (exact) mass is 234 g/mol. The highest BCUT2D eigenvalue weighted by molar-refractivity contribution is 5.73. The molecule has 1 rings (SSSR count). The summed E-state index contributed by atoms with van der Waals surface area (Å²) in [7, 11) is 1.85. The van der Waals surface area contributed by atoms with Crippen molar-refractivity contribution in [3.63, 3.8) is 0 Å². The molecule has 0 saturated heterocycles. The maximum atomic E-state index is 11.1. The van der Waals surface area contributed by atoms with Gasteiger partial charge in [-0.1, -0.05) is 30.3 Å². The average molecular weight is 234 g/mol. The second kappa shape index (κ2) is 7.07. The molecule has 0 bridgehead atoms. The lowest BCUT2D eigenvalue weighted by Gasteiger charge is -2.23. The predicted octanol–water partition coefficient (Wildman–Crippen LogP) is 2.03. The number of benzene rings is 1. The lowest BCUT2D eigenvalue weighted by Crippen LogP contribution is -2.35. The first kappa shape index (κ1) is 13.7. The van der Waals surface area contributed by atoms with Gasteiger partial charge >= 0.3 is 0 Å². The molecule has 0 radical (unpaired) electrons. The number of hydrogen-bond donors (Lipinski definition) is 1. The summed E-state index contributed by atoms with van der Waals surface area (Å²) in [6, 6.07) is 10.6. The van der Waals surface area contributed by atoms with E-state index in [9.17, 15) is 4.79 Å². The van der Waals surface area contributed by atoms with Crippen LogP contribution in [0.4, 0.5) is 0 Å². The van der Waals surface area contributed by atoms with E-state index in [1.54, 1.807) is 11.8 Å². The SMILES string of the molecule is CC(=O)N(C)C(C)CCNCc1ccccc1. The number of rotatable bonds is 6. The van der Waals surface area contributed by atoms with Crippen molar-refractivity contribution in [1.82, 2.24) is 10.2 Å². The van der Waals surface area contributed by atoms with E-state index in [4.69, 9.17) is 0 Å². The molecule has 0 aliphatic carbocycles. The van der Waals surface area contributed by atoms with Crippen LogP contribution in [0, 0.1) is 0 Å². The van der Waals surface area contributed by atoms with Crippen LogP contribution in [0.3, 0.4) is 0 Å². The molecule has 1 atom stereocenters. The Balaban J connectivity index is 2.18. The zero-order valence-corrected chi connectivity index (χ0v) is 10.9. The second-order valence-electron chi connectivity index (χ2n) is 4.43. The Bertz CT molecular complexity index is 337. The van der Waals surface area contributed by atoms with Crippen LogP contribution in [0.5, 0.6) is 0 Å². The molecular weight excluding hydrogens is 212 g/mol. The van der Waals surface area contributed by atoms with Crippen molar-refractivity contribution in [2.75, 3.05) is 13.6 Å². The molecule has 3 heteroatoms. The molecule has 0 aromatic heterocycles. The summed E-state index contributed by atoms with van der Waals surface area (Å²) in [5.74, 6) is 0.126. The lowest BCUT2D eigenvalue weighted by molar-refractivity contribution is -0.129. The van der Waals surface area contributed by atoms with Gasteiger partial charge in [0.15, 0.2) is 0 Å². The second-order valence-corrected chi connectivity index (χ2v) is 4.43. The van der Waals surface area contributed by atoms with E-state index in [-0.39, 0.29) is 11.9 Å². The minimum Gasteiger partial charge on any atom is -0.343 e. The third kappa shape index (κ3) is 5.00. The Hall–Kier alpha value is -1.35. The molecule has 1 amide bonds. The van der Waals surface area contributed by atoms with E-state index in [1.165, 1.54) is 5.56 Å². The molecule has 1 N–H and O–H groups in total. The van der Waals surface area contributed by atoms with Crippen LogP contribution in [-0.2, 0) is 11.3 Å². The normalized spacial score (nSPS) is 12.2. The summed E-state index contributed by atoms with van der Waals surface area (Å²) in [6.45, 7) is 5.49. The van der Waals surface area contributed by atoms with E-state index in [0.717, 1.165) is 19.5 Å². The summed E-state index contributed by atoms with van der Waals surface area (Å²) in [5.41, 5.74) is 1.29. The van der Waals surface area contributed by atoms with Crippen molar-refractivity contribution in [3.8, 4) is 0 Å². The fourth-order valence-electron chi connectivity index (χ4n) is 1.64. The van der Waals surface area contributed by atoms with Gasteiger partial charge in [0.05, 0.1) is 0 Å². The van der Waals surface area contributed by atoms with Crippen LogP contribution < -0.4 is 5.32 Å². The van der Waals surface area contributed by atoms with Crippen LogP contribution >= 0.6 is 0 Å². The Kier molecular flexibility index (Phi) is 5.70. The van der Waals surface area contributed by atoms with E-state index in [2.05, 4.69) is 24.4 Å². The van der Waals surface area contributed by atoms with Gasteiger partial charge in [-0.25, -0.2) is 0 Å². The number of nitrogens with zero attached hydrogens (tertiary/aromatic N) is 1. The van der Waals surface area contributed by atoms with Gasteiger partial charge in [-0.15, -0.1) is 0 Å². The molecule has 0 heterocycles. The highest BCUT2D eigenvalue weighted by Crippen LogP contribution is 2.01. The van der Waals surface area contributed by atoms with Gasteiger partial charge in [0, 0.05) is 26.6 Å². The highest BCUT2D eigenvalue weighted by Gasteiger charge is 2.10. The quantitative estimate of drug-likeness (QED) is 0.764. The van der Waals surface area contributed by atoms with Gasteiger partial charge in [0.2, 0.25) is 5.91 Å². The van der Waals surface area contributed by atoms with Gasteiger partial charge in [0.1, 0.15) is 0 Å². The van der Waals surface area contributed by atoms with Crippen LogP contribution in [0.2, 0.25) is 0 Å². The molecule has 1 aromatic rings. The topological polar surface area (TPSA) is 32.3 Å². The molecule has 0 fully saturated rings. The first-order valence-electron chi connectivity index (χ1n) is 6.09. The largest absolute Gasteiger partial charge is 0.343 e. The first-order valence-corrected chi connectivity index (χ1v) is 6.09. The zero-order valence-electron chi connectivity index (χ0n) is 10.9. The van der Waals surface area contributed by atoms with Gasteiger partial charge < -0.3 is 10.2 Å². The van der Waals surface area contributed by atoms with Crippen molar-refractivity contribution in [1.29, 1.82) is 0 Å². The summed E-state index contributed by atoms with van der Waals surface area (Å²) >= 11 is 0. The summed E-state index contributed by atoms with van der Waals surface area (Å²) in [4.78, 5) is 12.9. The minimum atomic E-state index is 0.126. The van der Waals surface area contributed by atoms with Crippen LogP contribution in [0.15, 0.2) is 30.3 Å². The molecule has 1 aromatic carbocycles. The number of carbonyl (C=O) groups is 1. The molecule has 94 valence electrons. The third-order valence-corrected chi connectivity index (χ3v) is 3.07. The van der Waals surface area contributed by atoms with Crippen LogP contribution in [0.25, 0.3) is 0 Å². The van der Waals surface area contributed by atoms with Crippen LogP contribution in [0.1, 0.15) is 25.8 Å². The average Bonchev–Trinajstić information content (AvgIpc) is 2.34. The smallest absolute Gasteiger partial charge is 0.219 e. The standard InChI is InChI=1S/C14H22N2O/c1-12(16(3)13(2)17)9-10-15-11-14-7-5-4-6-8-14/h4-8,12,15H,9-11H2,1-3H3. The highest BCUT2D eigenvalue weighted by atomic mass is 16.2. The third-order valence-electron chi connectivity index (χ3n) is 3.07. The molecular formula is C14H22N2O. The number of carbonyl (C=O) groups excluding carboxylic acids is 1. The zero-order chi connectivity index (χ0) is 12.7. The minimum absolute atomic E-state index is 0.126. The number of hydrogen-bond acceptors (Lipinski definition) is 2. The Morgan fingerprint density at radius 3 is 2.59 bits per heavy atom. The predicted molar refractivity (Wildman–Crippen MR) is 70.7 cm³/mol. The Morgan fingerprint density at radius 2 is 2.00 bits per heavy atom. The van der Waals surface area contributed by atoms with E-state index < -0.39 is 0 Å². The van der Waals surface area contributed by atoms with Crippen molar-refractivity contribution in [2.45, 2.75) is 32.9 Å². The van der Waals surface area contributed by atoms with Gasteiger partial charge in [0.25, 0.3) is 0 Å². The molecule has 17 heavy (non-hydrogen) atoms. The Morgan fingerprint density at radius 1 is 1.35 bits per heavy atom. The summed E-state index contributed by atoms with van der Waals surface area (Å²) in [6.07, 6.45) is 0.975. The van der Waals surface area contributed by atoms with Crippen LogP contribution in [-0.4, -0.2) is 30.4 Å². The van der Waals surface area contributed by atoms with E-state index >= 15 is 0 Å². The maximum absolute atomic E-state index is 11.1. The lowest BCUT2D eigenvalue weighted by atomic mass is 10.2. The molecule has 0 spiro atoms. The fraction of sp³-hybridized carbons (Fsp3) is 0.500. The van der Waals surface area contributed by atoms with Gasteiger partial charge in [-0.05, 0) is 25.5 Å².